The number of hydrogen-bond donors (Lipinski definition) is 1. The highest BCUT2D eigenvalue weighted by Crippen LogP contribution is 2.23. The van der Waals surface area contributed by atoms with Crippen LogP contribution < -0.4 is 9.62 Å². The van der Waals surface area contributed by atoms with Crippen molar-refractivity contribution in [3.05, 3.63) is 64.1 Å². The summed E-state index contributed by atoms with van der Waals surface area (Å²) in [5.41, 5.74) is 0.889. The Balaban J connectivity index is 2.40. The van der Waals surface area contributed by atoms with Gasteiger partial charge in [0.15, 0.2) is 0 Å². The maximum atomic E-state index is 13.2. The van der Waals surface area contributed by atoms with Crippen molar-refractivity contribution in [2.24, 2.45) is 0 Å². The quantitative estimate of drug-likeness (QED) is 0.640. The molecule has 0 saturated heterocycles. The number of amides is 2. The minimum Gasteiger partial charge on any atom is -0.357 e. The highest BCUT2D eigenvalue weighted by atomic mass is 35.5. The standard InChI is InChI=1S/C20H23Cl2N3O4S/c1-14(20(27)23-2)24(12-15-7-4-5-10-18(15)22)19(26)13-25(30(3,28)29)17-9-6-8-16(21)11-17/h4-11,14H,12-13H2,1-3H3,(H,23,27). The summed E-state index contributed by atoms with van der Waals surface area (Å²) >= 11 is 12.2. The highest BCUT2D eigenvalue weighted by molar-refractivity contribution is 7.92. The Kier molecular flexibility index (Phi) is 8.11. The van der Waals surface area contributed by atoms with Gasteiger partial charge in [-0.05, 0) is 36.8 Å². The van der Waals surface area contributed by atoms with E-state index in [2.05, 4.69) is 5.32 Å². The molecule has 0 aliphatic rings. The van der Waals surface area contributed by atoms with Gasteiger partial charge in [0.05, 0.1) is 11.9 Å². The second kappa shape index (κ2) is 10.1. The molecule has 0 fully saturated rings. The van der Waals surface area contributed by atoms with E-state index < -0.39 is 28.5 Å². The van der Waals surface area contributed by atoms with Crippen LogP contribution in [-0.2, 0) is 26.2 Å². The fourth-order valence-corrected chi connectivity index (χ4v) is 4.07. The lowest BCUT2D eigenvalue weighted by atomic mass is 10.1. The first-order valence-corrected chi connectivity index (χ1v) is 11.6. The Labute approximate surface area is 186 Å². The summed E-state index contributed by atoms with van der Waals surface area (Å²) in [5, 5.41) is 3.28. The first-order chi connectivity index (χ1) is 14.0. The molecular formula is C20H23Cl2N3O4S. The number of likely N-dealkylation sites (N-methyl/N-ethyl adjacent to an activating group) is 1. The van der Waals surface area contributed by atoms with Crippen molar-refractivity contribution in [1.29, 1.82) is 0 Å². The van der Waals surface area contributed by atoms with Crippen LogP contribution in [0, 0.1) is 0 Å². The van der Waals surface area contributed by atoms with Crippen LogP contribution in [0.1, 0.15) is 12.5 Å². The molecule has 0 spiro atoms. The van der Waals surface area contributed by atoms with Crippen molar-refractivity contribution in [2.45, 2.75) is 19.5 Å². The molecule has 0 aliphatic heterocycles. The summed E-state index contributed by atoms with van der Waals surface area (Å²) in [4.78, 5) is 26.7. The molecule has 1 unspecified atom stereocenters. The number of hydrogen-bond acceptors (Lipinski definition) is 4. The summed E-state index contributed by atoms with van der Waals surface area (Å²) in [6.45, 7) is 1.11. The zero-order chi connectivity index (χ0) is 22.5. The van der Waals surface area contributed by atoms with Gasteiger partial charge in [0.25, 0.3) is 0 Å². The van der Waals surface area contributed by atoms with Gasteiger partial charge in [-0.1, -0.05) is 47.5 Å². The molecule has 1 atom stereocenters. The van der Waals surface area contributed by atoms with Crippen molar-refractivity contribution in [2.75, 3.05) is 24.2 Å². The van der Waals surface area contributed by atoms with Crippen molar-refractivity contribution in [3.8, 4) is 0 Å². The highest BCUT2D eigenvalue weighted by Gasteiger charge is 2.30. The molecule has 0 heterocycles. The number of anilines is 1. The molecule has 2 rings (SSSR count). The predicted octanol–water partition coefficient (Wildman–Crippen LogP) is 2.92. The van der Waals surface area contributed by atoms with Gasteiger partial charge >= 0.3 is 0 Å². The first-order valence-electron chi connectivity index (χ1n) is 9.02. The molecule has 0 bridgehead atoms. The molecule has 10 heteroatoms. The largest absolute Gasteiger partial charge is 0.357 e. The lowest BCUT2D eigenvalue weighted by molar-refractivity contribution is -0.139. The van der Waals surface area contributed by atoms with Crippen LogP contribution in [-0.4, -0.2) is 51.0 Å². The van der Waals surface area contributed by atoms with Crippen molar-refractivity contribution in [3.63, 3.8) is 0 Å². The van der Waals surface area contributed by atoms with Crippen LogP contribution in [0.15, 0.2) is 48.5 Å². The van der Waals surface area contributed by atoms with Crippen LogP contribution in [0.2, 0.25) is 10.0 Å². The Morgan fingerprint density at radius 2 is 1.77 bits per heavy atom. The summed E-state index contributed by atoms with van der Waals surface area (Å²) in [6, 6.07) is 12.3. The lowest BCUT2D eigenvalue weighted by Gasteiger charge is -2.31. The molecule has 2 amide bonds. The number of benzene rings is 2. The molecule has 162 valence electrons. The molecule has 1 N–H and O–H groups in total. The van der Waals surface area contributed by atoms with E-state index in [4.69, 9.17) is 23.2 Å². The third kappa shape index (κ3) is 6.10. The van der Waals surface area contributed by atoms with Crippen LogP contribution in [0.4, 0.5) is 5.69 Å². The van der Waals surface area contributed by atoms with Crippen molar-refractivity contribution in [1.82, 2.24) is 10.2 Å². The predicted molar refractivity (Wildman–Crippen MR) is 119 cm³/mol. The molecule has 2 aromatic rings. The summed E-state index contributed by atoms with van der Waals surface area (Å²) < 4.78 is 25.7. The molecule has 30 heavy (non-hydrogen) atoms. The molecular weight excluding hydrogens is 449 g/mol. The average molecular weight is 472 g/mol. The Hall–Kier alpha value is -2.29. The van der Waals surface area contributed by atoms with Gasteiger partial charge < -0.3 is 10.2 Å². The van der Waals surface area contributed by atoms with E-state index in [1.54, 1.807) is 49.4 Å². The van der Waals surface area contributed by atoms with E-state index in [9.17, 15) is 18.0 Å². The molecule has 2 aromatic carbocycles. The SMILES string of the molecule is CNC(=O)C(C)N(Cc1ccccc1Cl)C(=O)CN(c1cccc(Cl)c1)S(C)(=O)=O. The van der Waals surface area contributed by atoms with Gasteiger partial charge in [-0.2, -0.15) is 0 Å². The second-order valence-electron chi connectivity index (χ2n) is 6.65. The maximum absolute atomic E-state index is 13.2. The van der Waals surface area contributed by atoms with Crippen LogP contribution >= 0.6 is 23.2 Å². The van der Waals surface area contributed by atoms with E-state index in [1.165, 1.54) is 18.0 Å². The smallest absolute Gasteiger partial charge is 0.244 e. The molecule has 0 radical (unpaired) electrons. The second-order valence-corrected chi connectivity index (χ2v) is 9.40. The lowest BCUT2D eigenvalue weighted by Crippen LogP contribution is -2.50. The van der Waals surface area contributed by atoms with Crippen molar-refractivity contribution >= 4 is 50.7 Å². The Morgan fingerprint density at radius 3 is 2.33 bits per heavy atom. The normalized spacial score (nSPS) is 12.2. The molecule has 0 saturated carbocycles. The number of halogens is 2. The van der Waals surface area contributed by atoms with E-state index in [0.717, 1.165) is 10.6 Å². The van der Waals surface area contributed by atoms with Crippen LogP contribution in [0.5, 0.6) is 0 Å². The van der Waals surface area contributed by atoms with Gasteiger partial charge in [0, 0.05) is 23.6 Å². The van der Waals surface area contributed by atoms with Gasteiger partial charge in [-0.15, -0.1) is 0 Å². The third-order valence-corrected chi connectivity index (χ3v) is 6.23. The molecule has 0 aliphatic carbocycles. The Bertz CT molecular complexity index is 1030. The topological polar surface area (TPSA) is 86.8 Å². The number of rotatable bonds is 8. The summed E-state index contributed by atoms with van der Waals surface area (Å²) in [6.07, 6.45) is 1.00. The third-order valence-electron chi connectivity index (χ3n) is 4.49. The van der Waals surface area contributed by atoms with Gasteiger partial charge in [-0.25, -0.2) is 8.42 Å². The fraction of sp³-hybridized carbons (Fsp3) is 0.300. The number of nitrogens with one attached hydrogen (secondary N) is 1. The van der Waals surface area contributed by atoms with Crippen LogP contribution in [0.25, 0.3) is 0 Å². The van der Waals surface area contributed by atoms with Gasteiger partial charge in [0.1, 0.15) is 12.6 Å². The summed E-state index contributed by atoms with van der Waals surface area (Å²) in [7, 11) is -2.33. The zero-order valence-corrected chi connectivity index (χ0v) is 19.1. The minimum atomic E-state index is -3.80. The average Bonchev–Trinajstić information content (AvgIpc) is 2.69. The monoisotopic (exact) mass is 471 g/mol. The van der Waals surface area contributed by atoms with Crippen molar-refractivity contribution < 1.29 is 18.0 Å². The maximum Gasteiger partial charge on any atom is 0.244 e. The van der Waals surface area contributed by atoms with E-state index in [-0.39, 0.29) is 18.1 Å². The van der Waals surface area contributed by atoms with Crippen LogP contribution in [0.3, 0.4) is 0 Å². The first kappa shape index (κ1) is 24.0. The number of sulfonamides is 1. The van der Waals surface area contributed by atoms with E-state index >= 15 is 0 Å². The molecule has 7 nitrogen and oxygen atoms in total. The Morgan fingerprint density at radius 1 is 1.10 bits per heavy atom. The molecule has 0 aromatic heterocycles. The fourth-order valence-electron chi connectivity index (χ4n) is 2.85. The number of nitrogens with zero attached hydrogens (tertiary/aromatic N) is 2. The van der Waals surface area contributed by atoms with E-state index in [0.29, 0.717) is 15.6 Å². The van der Waals surface area contributed by atoms with Gasteiger partial charge in [0.2, 0.25) is 21.8 Å². The zero-order valence-electron chi connectivity index (χ0n) is 16.8. The van der Waals surface area contributed by atoms with E-state index in [1.807, 2.05) is 0 Å². The number of carbonyl (C=O) groups excluding carboxylic acids is 2. The minimum absolute atomic E-state index is 0.0419. The summed E-state index contributed by atoms with van der Waals surface area (Å²) in [5.74, 6) is -0.944. The van der Waals surface area contributed by atoms with Gasteiger partial charge in [-0.3, -0.25) is 13.9 Å². The number of carbonyl (C=O) groups is 2.